The number of fused-ring (bicyclic) bond motifs is 1. The molecule has 29 heavy (non-hydrogen) atoms. The summed E-state index contributed by atoms with van der Waals surface area (Å²) in [6.07, 6.45) is 1.83. The van der Waals surface area contributed by atoms with E-state index in [0.717, 1.165) is 29.7 Å². The average molecular weight is 407 g/mol. The highest BCUT2D eigenvalue weighted by Crippen LogP contribution is 2.28. The van der Waals surface area contributed by atoms with Crippen LogP contribution in [-0.2, 0) is 23.0 Å². The van der Waals surface area contributed by atoms with Gasteiger partial charge in [0.15, 0.2) is 0 Å². The number of benzene rings is 3. The van der Waals surface area contributed by atoms with Crippen LogP contribution in [0.1, 0.15) is 27.9 Å². The van der Waals surface area contributed by atoms with Gasteiger partial charge in [-0.1, -0.05) is 54.6 Å². The SMILES string of the molecule is O=C(c1cccc(S(=O)(=O)NCc2ccccc2)c1)N1CCCc2ccccc21. The van der Waals surface area contributed by atoms with Crippen LogP contribution in [0.3, 0.4) is 0 Å². The highest BCUT2D eigenvalue weighted by molar-refractivity contribution is 7.89. The van der Waals surface area contributed by atoms with Gasteiger partial charge in [-0.15, -0.1) is 0 Å². The number of anilines is 1. The summed E-state index contributed by atoms with van der Waals surface area (Å²) in [7, 11) is -3.73. The molecular formula is C23H22N2O3S. The molecule has 1 aliphatic heterocycles. The zero-order valence-corrected chi connectivity index (χ0v) is 16.7. The summed E-state index contributed by atoms with van der Waals surface area (Å²) in [4.78, 5) is 15.0. The highest BCUT2D eigenvalue weighted by Gasteiger charge is 2.24. The maximum atomic E-state index is 13.1. The summed E-state index contributed by atoms with van der Waals surface area (Å²) in [5, 5.41) is 0. The molecule has 0 spiro atoms. The van der Waals surface area contributed by atoms with Gasteiger partial charge in [-0.25, -0.2) is 13.1 Å². The van der Waals surface area contributed by atoms with E-state index < -0.39 is 10.0 Å². The number of nitrogens with one attached hydrogen (secondary N) is 1. The van der Waals surface area contributed by atoms with E-state index in [-0.39, 0.29) is 17.3 Å². The van der Waals surface area contributed by atoms with Gasteiger partial charge in [-0.2, -0.15) is 0 Å². The van der Waals surface area contributed by atoms with Crippen molar-refractivity contribution in [1.82, 2.24) is 4.72 Å². The lowest BCUT2D eigenvalue weighted by Gasteiger charge is -2.29. The molecule has 0 saturated carbocycles. The Balaban J connectivity index is 1.56. The first kappa shape index (κ1) is 19.4. The van der Waals surface area contributed by atoms with Gasteiger partial charge in [0, 0.05) is 24.3 Å². The summed E-state index contributed by atoms with van der Waals surface area (Å²) >= 11 is 0. The molecule has 0 atom stereocenters. The second-order valence-corrected chi connectivity index (χ2v) is 8.79. The van der Waals surface area contributed by atoms with Gasteiger partial charge >= 0.3 is 0 Å². The number of aryl methyl sites for hydroxylation is 1. The number of nitrogens with zero attached hydrogens (tertiary/aromatic N) is 1. The van der Waals surface area contributed by atoms with Gasteiger partial charge in [-0.3, -0.25) is 4.79 Å². The maximum Gasteiger partial charge on any atom is 0.258 e. The monoisotopic (exact) mass is 406 g/mol. The van der Waals surface area contributed by atoms with E-state index >= 15 is 0 Å². The van der Waals surface area contributed by atoms with Crippen molar-refractivity contribution in [1.29, 1.82) is 0 Å². The lowest BCUT2D eigenvalue weighted by molar-refractivity contribution is 0.0985. The Morgan fingerprint density at radius 3 is 2.52 bits per heavy atom. The zero-order chi connectivity index (χ0) is 20.3. The van der Waals surface area contributed by atoms with E-state index in [1.165, 1.54) is 12.1 Å². The summed E-state index contributed by atoms with van der Waals surface area (Å²) in [6.45, 7) is 0.819. The predicted molar refractivity (Wildman–Crippen MR) is 113 cm³/mol. The fourth-order valence-corrected chi connectivity index (χ4v) is 4.62. The lowest BCUT2D eigenvalue weighted by Crippen LogP contribution is -2.35. The Kier molecular flexibility index (Phi) is 5.47. The van der Waals surface area contributed by atoms with Crippen LogP contribution in [0.5, 0.6) is 0 Å². The second-order valence-electron chi connectivity index (χ2n) is 7.03. The number of carbonyl (C=O) groups is 1. The number of rotatable bonds is 5. The Morgan fingerprint density at radius 2 is 1.69 bits per heavy atom. The maximum absolute atomic E-state index is 13.1. The van der Waals surface area contributed by atoms with E-state index in [1.807, 2.05) is 54.6 Å². The molecule has 6 heteroatoms. The van der Waals surface area contributed by atoms with Crippen LogP contribution in [0.2, 0.25) is 0 Å². The topological polar surface area (TPSA) is 66.5 Å². The van der Waals surface area contributed by atoms with Crippen molar-refractivity contribution >= 4 is 21.6 Å². The zero-order valence-electron chi connectivity index (χ0n) is 15.9. The van der Waals surface area contributed by atoms with Gasteiger partial charge < -0.3 is 4.90 Å². The Hall–Kier alpha value is -2.96. The van der Waals surface area contributed by atoms with Gasteiger partial charge in [0.2, 0.25) is 10.0 Å². The lowest BCUT2D eigenvalue weighted by atomic mass is 10.0. The minimum absolute atomic E-state index is 0.0876. The molecule has 0 unspecified atom stereocenters. The van der Waals surface area contributed by atoms with Crippen molar-refractivity contribution in [2.45, 2.75) is 24.3 Å². The van der Waals surface area contributed by atoms with Crippen LogP contribution in [-0.4, -0.2) is 20.9 Å². The molecule has 1 N–H and O–H groups in total. The van der Waals surface area contributed by atoms with E-state index in [4.69, 9.17) is 0 Å². The summed E-state index contributed by atoms with van der Waals surface area (Å²) in [5.41, 5.74) is 3.28. The number of hydrogen-bond donors (Lipinski definition) is 1. The minimum Gasteiger partial charge on any atom is -0.308 e. The number of para-hydroxylation sites is 1. The summed E-state index contributed by atoms with van der Waals surface area (Å²) in [5.74, 6) is -0.183. The quantitative estimate of drug-likeness (QED) is 0.702. The number of hydrogen-bond acceptors (Lipinski definition) is 3. The van der Waals surface area contributed by atoms with Crippen LogP contribution < -0.4 is 9.62 Å². The molecule has 3 aromatic rings. The van der Waals surface area contributed by atoms with E-state index in [9.17, 15) is 13.2 Å². The van der Waals surface area contributed by atoms with Crippen molar-refractivity contribution in [3.8, 4) is 0 Å². The van der Waals surface area contributed by atoms with Gasteiger partial charge in [0.25, 0.3) is 5.91 Å². The molecule has 0 radical (unpaired) electrons. The van der Waals surface area contributed by atoms with Crippen LogP contribution >= 0.6 is 0 Å². The molecule has 148 valence electrons. The van der Waals surface area contributed by atoms with Crippen molar-refractivity contribution in [3.05, 3.63) is 95.6 Å². The fourth-order valence-electron chi connectivity index (χ4n) is 3.55. The molecule has 0 aromatic heterocycles. The van der Waals surface area contributed by atoms with Crippen molar-refractivity contribution in [2.24, 2.45) is 0 Å². The molecule has 1 amide bonds. The van der Waals surface area contributed by atoms with E-state index in [2.05, 4.69) is 4.72 Å². The Bertz CT molecular complexity index is 1130. The highest BCUT2D eigenvalue weighted by atomic mass is 32.2. The smallest absolute Gasteiger partial charge is 0.258 e. The summed E-state index contributed by atoms with van der Waals surface area (Å²) in [6, 6.07) is 23.4. The van der Waals surface area contributed by atoms with Gasteiger partial charge in [-0.05, 0) is 48.2 Å². The average Bonchev–Trinajstić information content (AvgIpc) is 2.78. The fraction of sp³-hybridized carbons (Fsp3) is 0.174. The number of amides is 1. The van der Waals surface area contributed by atoms with Crippen LogP contribution in [0.25, 0.3) is 0 Å². The Labute approximate surface area is 171 Å². The second kappa shape index (κ2) is 8.19. The molecule has 1 heterocycles. The first-order chi connectivity index (χ1) is 14.0. The molecule has 3 aromatic carbocycles. The van der Waals surface area contributed by atoms with E-state index in [0.29, 0.717) is 12.1 Å². The third kappa shape index (κ3) is 4.23. The first-order valence-corrected chi connectivity index (χ1v) is 11.1. The van der Waals surface area contributed by atoms with Crippen LogP contribution in [0, 0.1) is 0 Å². The third-order valence-electron chi connectivity index (χ3n) is 5.06. The van der Waals surface area contributed by atoms with Crippen molar-refractivity contribution < 1.29 is 13.2 Å². The normalized spacial score (nSPS) is 13.7. The molecule has 5 nitrogen and oxygen atoms in total. The van der Waals surface area contributed by atoms with E-state index in [1.54, 1.807) is 17.0 Å². The van der Waals surface area contributed by atoms with Crippen molar-refractivity contribution in [3.63, 3.8) is 0 Å². The standard InChI is InChI=1S/C23H22N2O3S/c26-23(25-15-7-12-19-10-4-5-14-22(19)25)20-11-6-13-21(16-20)29(27,28)24-17-18-8-2-1-3-9-18/h1-6,8-11,13-14,16,24H,7,12,15,17H2. The largest absolute Gasteiger partial charge is 0.308 e. The first-order valence-electron chi connectivity index (χ1n) is 9.58. The van der Waals surface area contributed by atoms with Gasteiger partial charge in [0.1, 0.15) is 0 Å². The molecule has 4 rings (SSSR count). The van der Waals surface area contributed by atoms with Crippen LogP contribution in [0.15, 0.2) is 83.8 Å². The minimum atomic E-state index is -3.73. The molecule has 0 fully saturated rings. The molecule has 0 bridgehead atoms. The molecule has 0 aliphatic carbocycles. The van der Waals surface area contributed by atoms with Crippen molar-refractivity contribution in [2.75, 3.05) is 11.4 Å². The number of carbonyl (C=O) groups excluding carboxylic acids is 1. The predicted octanol–water partition coefficient (Wildman–Crippen LogP) is 3.76. The van der Waals surface area contributed by atoms with Crippen LogP contribution in [0.4, 0.5) is 5.69 Å². The number of sulfonamides is 1. The molecular weight excluding hydrogens is 384 g/mol. The summed E-state index contributed by atoms with van der Waals surface area (Å²) < 4.78 is 28.0. The molecule has 0 saturated heterocycles. The molecule has 1 aliphatic rings. The Morgan fingerprint density at radius 1 is 0.931 bits per heavy atom. The van der Waals surface area contributed by atoms with Gasteiger partial charge in [0.05, 0.1) is 4.90 Å². The third-order valence-corrected chi connectivity index (χ3v) is 6.45.